The van der Waals surface area contributed by atoms with E-state index in [0.29, 0.717) is 10.8 Å². The summed E-state index contributed by atoms with van der Waals surface area (Å²) in [4.78, 5) is 19.5. The fourth-order valence-electron chi connectivity index (χ4n) is 2.43. The standard InChI is InChI=1S/C13H20N4O2S/c14-16-13(18)12-11(9-1-2-9)15-10(20-12)3-4-17-5-7-19-8-6-17/h9H,1-8,14H2,(H,16,18). The third-order valence-corrected chi connectivity index (χ3v) is 4.87. The Hall–Kier alpha value is -1.02. The number of carbonyl (C=O) groups excluding carboxylic acids is 1. The Morgan fingerprint density at radius 3 is 2.85 bits per heavy atom. The summed E-state index contributed by atoms with van der Waals surface area (Å²) in [6.45, 7) is 4.57. The lowest BCUT2D eigenvalue weighted by atomic mass is 10.2. The number of morpholine rings is 1. The molecule has 6 nitrogen and oxygen atoms in total. The third-order valence-electron chi connectivity index (χ3n) is 3.74. The molecule has 0 aromatic carbocycles. The molecule has 3 rings (SSSR count). The van der Waals surface area contributed by atoms with Crippen molar-refractivity contribution in [1.82, 2.24) is 15.3 Å². The lowest BCUT2D eigenvalue weighted by molar-refractivity contribution is 0.0384. The van der Waals surface area contributed by atoms with E-state index >= 15 is 0 Å². The summed E-state index contributed by atoms with van der Waals surface area (Å²) in [5.41, 5.74) is 3.18. The molecule has 20 heavy (non-hydrogen) atoms. The van der Waals surface area contributed by atoms with Crippen LogP contribution in [0, 0.1) is 0 Å². The molecular formula is C13H20N4O2S. The van der Waals surface area contributed by atoms with Gasteiger partial charge in [0.1, 0.15) is 4.88 Å². The fraction of sp³-hybridized carbons (Fsp3) is 0.692. The maximum atomic E-state index is 11.8. The number of ether oxygens (including phenoxy) is 1. The molecule has 0 atom stereocenters. The number of nitrogen functional groups attached to an aromatic ring is 1. The number of nitrogens with two attached hydrogens (primary N) is 1. The minimum absolute atomic E-state index is 0.206. The molecule has 1 saturated heterocycles. The van der Waals surface area contributed by atoms with Crippen LogP contribution in [0.15, 0.2) is 0 Å². The zero-order chi connectivity index (χ0) is 13.9. The molecule has 0 unspecified atom stereocenters. The van der Waals surface area contributed by atoms with E-state index in [1.54, 1.807) is 0 Å². The van der Waals surface area contributed by atoms with E-state index in [-0.39, 0.29) is 5.91 Å². The van der Waals surface area contributed by atoms with E-state index in [1.807, 2.05) is 0 Å². The summed E-state index contributed by atoms with van der Waals surface area (Å²) in [6.07, 6.45) is 3.16. The minimum atomic E-state index is -0.206. The fourth-order valence-corrected chi connectivity index (χ4v) is 3.47. The largest absolute Gasteiger partial charge is 0.379 e. The summed E-state index contributed by atoms with van der Waals surface area (Å²) in [6, 6.07) is 0. The number of thiazole rings is 1. The highest BCUT2D eigenvalue weighted by Crippen LogP contribution is 2.42. The second-order valence-corrected chi connectivity index (χ2v) is 6.36. The Morgan fingerprint density at radius 1 is 1.45 bits per heavy atom. The van der Waals surface area contributed by atoms with Gasteiger partial charge in [-0.25, -0.2) is 10.8 Å². The number of rotatable bonds is 5. The number of hydrogen-bond acceptors (Lipinski definition) is 6. The van der Waals surface area contributed by atoms with Crippen LogP contribution in [0.25, 0.3) is 0 Å². The number of nitrogens with one attached hydrogen (secondary N) is 1. The van der Waals surface area contributed by atoms with Crippen molar-refractivity contribution in [3.05, 3.63) is 15.6 Å². The van der Waals surface area contributed by atoms with E-state index in [2.05, 4.69) is 15.3 Å². The van der Waals surface area contributed by atoms with Crippen LogP contribution >= 0.6 is 11.3 Å². The van der Waals surface area contributed by atoms with Crippen molar-refractivity contribution >= 4 is 17.2 Å². The zero-order valence-electron chi connectivity index (χ0n) is 11.4. The predicted octanol–water partition coefficient (Wildman–Crippen LogP) is 0.499. The van der Waals surface area contributed by atoms with Crippen molar-refractivity contribution < 1.29 is 9.53 Å². The molecule has 1 aliphatic carbocycles. The van der Waals surface area contributed by atoms with Crippen LogP contribution < -0.4 is 11.3 Å². The Labute approximate surface area is 122 Å². The molecule has 1 aliphatic heterocycles. The van der Waals surface area contributed by atoms with Gasteiger partial charge in [0, 0.05) is 32.0 Å². The van der Waals surface area contributed by atoms with Gasteiger partial charge in [-0.05, 0) is 12.8 Å². The van der Waals surface area contributed by atoms with Gasteiger partial charge in [0.05, 0.1) is 23.9 Å². The number of aromatic nitrogens is 1. The maximum Gasteiger partial charge on any atom is 0.277 e. The van der Waals surface area contributed by atoms with Crippen LogP contribution in [-0.4, -0.2) is 48.6 Å². The summed E-state index contributed by atoms with van der Waals surface area (Å²) in [5, 5.41) is 1.04. The van der Waals surface area contributed by atoms with Crippen molar-refractivity contribution in [1.29, 1.82) is 0 Å². The van der Waals surface area contributed by atoms with E-state index in [0.717, 1.165) is 62.8 Å². The van der Waals surface area contributed by atoms with Gasteiger partial charge < -0.3 is 4.74 Å². The first-order valence-electron chi connectivity index (χ1n) is 7.08. The first kappa shape index (κ1) is 13.9. The molecule has 2 aliphatic rings. The zero-order valence-corrected chi connectivity index (χ0v) is 12.2. The summed E-state index contributed by atoms with van der Waals surface area (Å²) < 4.78 is 5.34. The van der Waals surface area contributed by atoms with E-state index in [9.17, 15) is 4.79 Å². The van der Waals surface area contributed by atoms with E-state index < -0.39 is 0 Å². The number of nitrogens with zero attached hydrogens (tertiary/aromatic N) is 2. The van der Waals surface area contributed by atoms with Gasteiger partial charge >= 0.3 is 0 Å². The monoisotopic (exact) mass is 296 g/mol. The average Bonchev–Trinajstić information content (AvgIpc) is 3.25. The van der Waals surface area contributed by atoms with Crippen molar-refractivity contribution in [2.45, 2.75) is 25.2 Å². The highest BCUT2D eigenvalue weighted by molar-refractivity contribution is 7.13. The minimum Gasteiger partial charge on any atom is -0.379 e. The maximum absolute atomic E-state index is 11.8. The molecule has 3 N–H and O–H groups in total. The molecule has 1 saturated carbocycles. The molecule has 1 aromatic heterocycles. The van der Waals surface area contributed by atoms with Gasteiger partial charge in [0.15, 0.2) is 0 Å². The molecular weight excluding hydrogens is 276 g/mol. The number of hydrogen-bond donors (Lipinski definition) is 2. The molecule has 0 radical (unpaired) electrons. The highest BCUT2D eigenvalue weighted by Gasteiger charge is 2.31. The third kappa shape index (κ3) is 3.17. The molecule has 1 amide bonds. The smallest absolute Gasteiger partial charge is 0.277 e. The normalized spacial score (nSPS) is 20.1. The first-order chi connectivity index (χ1) is 9.78. The average molecular weight is 296 g/mol. The Balaban J connectivity index is 1.65. The number of amides is 1. The predicted molar refractivity (Wildman–Crippen MR) is 76.7 cm³/mol. The van der Waals surface area contributed by atoms with Crippen molar-refractivity contribution in [2.75, 3.05) is 32.8 Å². The Kier molecular flexibility index (Phi) is 4.30. The summed E-state index contributed by atoms with van der Waals surface area (Å²) in [7, 11) is 0. The van der Waals surface area contributed by atoms with Gasteiger partial charge in [-0.15, -0.1) is 11.3 Å². The SMILES string of the molecule is NNC(=O)c1sc(CCN2CCOCC2)nc1C1CC1. The summed E-state index contributed by atoms with van der Waals surface area (Å²) >= 11 is 1.49. The van der Waals surface area contributed by atoms with Crippen molar-refractivity contribution in [2.24, 2.45) is 5.84 Å². The van der Waals surface area contributed by atoms with Gasteiger partial charge in [-0.3, -0.25) is 15.1 Å². The summed E-state index contributed by atoms with van der Waals surface area (Å²) in [5.74, 6) is 5.51. The van der Waals surface area contributed by atoms with E-state index in [1.165, 1.54) is 11.3 Å². The van der Waals surface area contributed by atoms with Gasteiger partial charge in [0.25, 0.3) is 5.91 Å². The van der Waals surface area contributed by atoms with Gasteiger partial charge in [-0.1, -0.05) is 0 Å². The molecule has 2 heterocycles. The van der Waals surface area contributed by atoms with Crippen LogP contribution in [0.2, 0.25) is 0 Å². The second-order valence-electron chi connectivity index (χ2n) is 5.27. The Morgan fingerprint density at radius 2 is 2.20 bits per heavy atom. The molecule has 0 bridgehead atoms. The first-order valence-corrected chi connectivity index (χ1v) is 7.90. The van der Waals surface area contributed by atoms with Crippen LogP contribution in [0.3, 0.4) is 0 Å². The topological polar surface area (TPSA) is 80.5 Å². The molecule has 7 heteroatoms. The lowest BCUT2D eigenvalue weighted by Gasteiger charge is -2.25. The quantitative estimate of drug-likeness (QED) is 0.470. The van der Waals surface area contributed by atoms with Crippen molar-refractivity contribution in [3.63, 3.8) is 0 Å². The van der Waals surface area contributed by atoms with Gasteiger partial charge in [-0.2, -0.15) is 0 Å². The Bertz CT molecular complexity index is 481. The van der Waals surface area contributed by atoms with Gasteiger partial charge in [0.2, 0.25) is 0 Å². The molecule has 110 valence electrons. The van der Waals surface area contributed by atoms with Crippen LogP contribution in [0.5, 0.6) is 0 Å². The highest BCUT2D eigenvalue weighted by atomic mass is 32.1. The van der Waals surface area contributed by atoms with Crippen LogP contribution in [-0.2, 0) is 11.2 Å². The number of carbonyl (C=O) groups is 1. The van der Waals surface area contributed by atoms with Crippen LogP contribution in [0.4, 0.5) is 0 Å². The molecule has 0 spiro atoms. The lowest BCUT2D eigenvalue weighted by Crippen LogP contribution is -2.37. The van der Waals surface area contributed by atoms with Crippen LogP contribution in [0.1, 0.15) is 39.1 Å². The second kappa shape index (κ2) is 6.17. The number of hydrazine groups is 1. The van der Waals surface area contributed by atoms with Crippen molar-refractivity contribution in [3.8, 4) is 0 Å². The molecule has 1 aromatic rings. The molecule has 2 fully saturated rings. The van der Waals surface area contributed by atoms with E-state index in [4.69, 9.17) is 10.6 Å².